The minimum atomic E-state index is -0.0814. The number of hydrogen-bond donors (Lipinski definition) is 2. The van der Waals surface area contributed by atoms with Crippen molar-refractivity contribution < 1.29 is 4.79 Å². The molecule has 5 heteroatoms. The summed E-state index contributed by atoms with van der Waals surface area (Å²) in [6.45, 7) is 1.49. The topological polar surface area (TPSA) is 54.0 Å². The highest BCUT2D eigenvalue weighted by Crippen LogP contribution is 2.28. The third-order valence-electron chi connectivity index (χ3n) is 2.73. The summed E-state index contributed by atoms with van der Waals surface area (Å²) in [6, 6.07) is 15.6. The lowest BCUT2D eigenvalue weighted by molar-refractivity contribution is -0.114. The molecule has 0 aliphatic rings. The molecular formula is C15H13N3OS. The number of amides is 1. The molecule has 4 nitrogen and oxygen atoms in total. The lowest BCUT2D eigenvalue weighted by Crippen LogP contribution is -2.05. The molecule has 3 rings (SSSR count). The van der Waals surface area contributed by atoms with E-state index < -0.39 is 0 Å². The van der Waals surface area contributed by atoms with Gasteiger partial charge in [-0.25, -0.2) is 4.98 Å². The normalized spacial score (nSPS) is 10.4. The minimum Gasteiger partial charge on any atom is -0.331 e. The Morgan fingerprint density at radius 2 is 1.90 bits per heavy atom. The van der Waals surface area contributed by atoms with Gasteiger partial charge >= 0.3 is 0 Å². The number of anilines is 3. The molecule has 0 fully saturated rings. The van der Waals surface area contributed by atoms with Gasteiger partial charge in [-0.15, -0.1) is 0 Å². The second-order valence-corrected chi connectivity index (χ2v) is 5.40. The number of thiazole rings is 1. The summed E-state index contributed by atoms with van der Waals surface area (Å²) in [6.07, 6.45) is 0. The predicted molar refractivity (Wildman–Crippen MR) is 83.6 cm³/mol. The van der Waals surface area contributed by atoms with Crippen LogP contribution < -0.4 is 10.6 Å². The highest BCUT2D eigenvalue weighted by atomic mass is 32.1. The standard InChI is InChI=1S/C15H13N3OS/c1-10(19)16-11-5-4-6-12(9-11)17-15-18-13-7-2-3-8-14(13)20-15/h2-9H,1H3,(H,16,19)(H,17,18). The largest absolute Gasteiger partial charge is 0.331 e. The molecule has 2 N–H and O–H groups in total. The van der Waals surface area contributed by atoms with E-state index in [0.29, 0.717) is 0 Å². The van der Waals surface area contributed by atoms with E-state index in [1.165, 1.54) is 6.92 Å². The molecule has 0 radical (unpaired) electrons. The van der Waals surface area contributed by atoms with Gasteiger partial charge in [0.1, 0.15) is 0 Å². The van der Waals surface area contributed by atoms with E-state index in [2.05, 4.69) is 15.6 Å². The molecular weight excluding hydrogens is 270 g/mol. The van der Waals surface area contributed by atoms with Gasteiger partial charge in [0.15, 0.2) is 5.13 Å². The Balaban J connectivity index is 1.85. The molecule has 3 aromatic rings. The van der Waals surface area contributed by atoms with E-state index in [1.807, 2.05) is 48.5 Å². The van der Waals surface area contributed by atoms with E-state index in [1.54, 1.807) is 11.3 Å². The molecule has 0 aliphatic heterocycles. The van der Waals surface area contributed by atoms with Crippen LogP contribution in [0.4, 0.5) is 16.5 Å². The number of benzene rings is 2. The smallest absolute Gasteiger partial charge is 0.221 e. The van der Waals surface area contributed by atoms with Crippen molar-refractivity contribution in [2.75, 3.05) is 10.6 Å². The molecule has 0 saturated carbocycles. The first-order chi connectivity index (χ1) is 9.70. The summed E-state index contributed by atoms with van der Waals surface area (Å²) in [5.41, 5.74) is 2.65. The van der Waals surface area contributed by atoms with E-state index in [4.69, 9.17) is 0 Å². The van der Waals surface area contributed by atoms with Crippen LogP contribution in [0.5, 0.6) is 0 Å². The highest BCUT2D eigenvalue weighted by molar-refractivity contribution is 7.22. The summed E-state index contributed by atoms with van der Waals surface area (Å²) in [7, 11) is 0. The molecule has 20 heavy (non-hydrogen) atoms. The fourth-order valence-corrected chi connectivity index (χ4v) is 2.81. The van der Waals surface area contributed by atoms with Crippen LogP contribution >= 0.6 is 11.3 Å². The number of para-hydroxylation sites is 1. The lowest BCUT2D eigenvalue weighted by atomic mass is 10.3. The number of rotatable bonds is 3. The molecule has 0 spiro atoms. The van der Waals surface area contributed by atoms with Crippen LogP contribution in [0.3, 0.4) is 0 Å². The summed E-state index contributed by atoms with van der Waals surface area (Å²) in [5, 5.41) is 6.86. The summed E-state index contributed by atoms with van der Waals surface area (Å²) in [5.74, 6) is -0.0814. The first-order valence-electron chi connectivity index (χ1n) is 6.21. The summed E-state index contributed by atoms with van der Waals surface area (Å²) in [4.78, 5) is 15.6. The van der Waals surface area contributed by atoms with Crippen molar-refractivity contribution in [2.45, 2.75) is 6.92 Å². The fourth-order valence-electron chi connectivity index (χ4n) is 1.93. The van der Waals surface area contributed by atoms with Gasteiger partial charge in [-0.1, -0.05) is 29.5 Å². The first-order valence-corrected chi connectivity index (χ1v) is 7.02. The van der Waals surface area contributed by atoms with Crippen molar-refractivity contribution >= 4 is 44.0 Å². The number of nitrogens with one attached hydrogen (secondary N) is 2. The van der Waals surface area contributed by atoms with Crippen molar-refractivity contribution in [3.8, 4) is 0 Å². The van der Waals surface area contributed by atoms with Gasteiger partial charge in [0, 0.05) is 18.3 Å². The fraction of sp³-hybridized carbons (Fsp3) is 0.0667. The Kier molecular flexibility index (Phi) is 3.35. The highest BCUT2D eigenvalue weighted by Gasteiger charge is 2.04. The maximum absolute atomic E-state index is 11.1. The number of aromatic nitrogens is 1. The molecule has 100 valence electrons. The average molecular weight is 283 g/mol. The molecule has 1 aromatic heterocycles. The lowest BCUT2D eigenvalue weighted by Gasteiger charge is -2.06. The molecule has 0 unspecified atom stereocenters. The van der Waals surface area contributed by atoms with Gasteiger partial charge < -0.3 is 10.6 Å². The number of carbonyl (C=O) groups excluding carboxylic acids is 1. The monoisotopic (exact) mass is 283 g/mol. The van der Waals surface area contributed by atoms with Crippen molar-refractivity contribution in [3.63, 3.8) is 0 Å². The van der Waals surface area contributed by atoms with Crippen LogP contribution in [0, 0.1) is 0 Å². The van der Waals surface area contributed by atoms with Gasteiger partial charge in [-0.2, -0.15) is 0 Å². The Morgan fingerprint density at radius 1 is 1.10 bits per heavy atom. The van der Waals surface area contributed by atoms with E-state index in [-0.39, 0.29) is 5.91 Å². The summed E-state index contributed by atoms with van der Waals surface area (Å²) >= 11 is 1.60. The Hall–Kier alpha value is -2.40. The van der Waals surface area contributed by atoms with E-state index >= 15 is 0 Å². The minimum absolute atomic E-state index is 0.0814. The molecule has 0 bridgehead atoms. The van der Waals surface area contributed by atoms with E-state index in [9.17, 15) is 4.79 Å². The van der Waals surface area contributed by atoms with Gasteiger partial charge in [0.05, 0.1) is 10.2 Å². The zero-order chi connectivity index (χ0) is 13.9. The molecule has 0 atom stereocenters. The van der Waals surface area contributed by atoms with Gasteiger partial charge in [-0.3, -0.25) is 4.79 Å². The van der Waals surface area contributed by atoms with Crippen molar-refractivity contribution in [2.24, 2.45) is 0 Å². The second kappa shape index (κ2) is 5.30. The third-order valence-corrected chi connectivity index (χ3v) is 3.68. The van der Waals surface area contributed by atoms with Gasteiger partial charge in [0.25, 0.3) is 0 Å². The molecule has 1 amide bonds. The van der Waals surface area contributed by atoms with E-state index in [0.717, 1.165) is 26.7 Å². The zero-order valence-electron chi connectivity index (χ0n) is 10.9. The van der Waals surface area contributed by atoms with Gasteiger partial charge in [-0.05, 0) is 30.3 Å². The molecule has 0 saturated heterocycles. The van der Waals surface area contributed by atoms with Crippen LogP contribution in [0.2, 0.25) is 0 Å². The van der Waals surface area contributed by atoms with Gasteiger partial charge in [0.2, 0.25) is 5.91 Å². The predicted octanol–water partition coefficient (Wildman–Crippen LogP) is 4.00. The van der Waals surface area contributed by atoms with Crippen LogP contribution in [-0.4, -0.2) is 10.9 Å². The SMILES string of the molecule is CC(=O)Nc1cccc(Nc2nc3ccccc3s2)c1. The number of nitrogens with zero attached hydrogens (tertiary/aromatic N) is 1. The van der Waals surface area contributed by atoms with Crippen LogP contribution in [-0.2, 0) is 4.79 Å². The second-order valence-electron chi connectivity index (χ2n) is 4.37. The van der Waals surface area contributed by atoms with Crippen LogP contribution in [0.25, 0.3) is 10.2 Å². The number of hydrogen-bond acceptors (Lipinski definition) is 4. The summed E-state index contributed by atoms with van der Waals surface area (Å²) < 4.78 is 1.15. The maximum atomic E-state index is 11.1. The molecule has 0 aliphatic carbocycles. The first kappa shape index (κ1) is 12.6. The van der Waals surface area contributed by atoms with Crippen LogP contribution in [0.1, 0.15) is 6.92 Å². The Morgan fingerprint density at radius 3 is 2.70 bits per heavy atom. The van der Waals surface area contributed by atoms with Crippen molar-refractivity contribution in [1.82, 2.24) is 4.98 Å². The van der Waals surface area contributed by atoms with Crippen molar-refractivity contribution in [1.29, 1.82) is 0 Å². The van der Waals surface area contributed by atoms with Crippen LogP contribution in [0.15, 0.2) is 48.5 Å². The zero-order valence-corrected chi connectivity index (χ0v) is 11.7. The Bertz CT molecular complexity index is 733. The quantitative estimate of drug-likeness (QED) is 0.764. The number of fused-ring (bicyclic) bond motifs is 1. The molecule has 2 aromatic carbocycles. The number of carbonyl (C=O) groups is 1. The average Bonchev–Trinajstić information content (AvgIpc) is 2.80. The third kappa shape index (κ3) is 2.78. The molecule has 1 heterocycles. The Labute approximate surface area is 120 Å². The maximum Gasteiger partial charge on any atom is 0.221 e. The van der Waals surface area contributed by atoms with Crippen molar-refractivity contribution in [3.05, 3.63) is 48.5 Å².